The zero-order valence-electron chi connectivity index (χ0n) is 7.81. The van der Waals surface area contributed by atoms with Gasteiger partial charge in [-0.2, -0.15) is 4.31 Å². The number of sulfonamides is 1. The Morgan fingerprint density at radius 3 is 2.50 bits per heavy atom. The lowest BCUT2D eigenvalue weighted by Crippen LogP contribution is -2.27. The fourth-order valence-electron chi connectivity index (χ4n) is 1.60. The van der Waals surface area contributed by atoms with E-state index in [-0.39, 0.29) is 4.90 Å². The van der Waals surface area contributed by atoms with E-state index in [2.05, 4.69) is 6.07 Å². The van der Waals surface area contributed by atoms with Gasteiger partial charge < -0.3 is 0 Å². The van der Waals surface area contributed by atoms with Gasteiger partial charge in [0.15, 0.2) is 0 Å². The summed E-state index contributed by atoms with van der Waals surface area (Å²) < 4.78 is 25.4. The third kappa shape index (κ3) is 1.67. The van der Waals surface area contributed by atoms with E-state index < -0.39 is 10.0 Å². The average molecular weight is 210 g/mol. The summed E-state index contributed by atoms with van der Waals surface area (Å²) in [4.78, 5) is 0.280. The smallest absolute Gasteiger partial charge is 0.207 e. The molecule has 1 aromatic carbocycles. The second-order valence-corrected chi connectivity index (χ2v) is 5.24. The second kappa shape index (κ2) is 3.71. The van der Waals surface area contributed by atoms with Gasteiger partial charge in [0.1, 0.15) is 0 Å². The first-order chi connectivity index (χ1) is 6.71. The van der Waals surface area contributed by atoms with E-state index in [1.807, 2.05) is 0 Å². The molecular weight excluding hydrogens is 198 g/mol. The third-order valence-corrected chi connectivity index (χ3v) is 4.22. The molecule has 2 rings (SSSR count). The molecule has 0 unspecified atom stereocenters. The van der Waals surface area contributed by atoms with Gasteiger partial charge in [0, 0.05) is 19.2 Å². The summed E-state index contributed by atoms with van der Waals surface area (Å²) in [6, 6.07) is 9.46. The largest absolute Gasteiger partial charge is 0.243 e. The van der Waals surface area contributed by atoms with Gasteiger partial charge in [-0.3, -0.25) is 0 Å². The highest BCUT2D eigenvalue weighted by Gasteiger charge is 2.26. The van der Waals surface area contributed by atoms with Crippen LogP contribution in [0.5, 0.6) is 0 Å². The predicted octanol–water partition coefficient (Wildman–Crippen LogP) is 1.27. The van der Waals surface area contributed by atoms with Crippen molar-refractivity contribution in [2.45, 2.75) is 17.7 Å². The monoisotopic (exact) mass is 210 g/mol. The molecule has 3 nitrogen and oxygen atoms in total. The summed E-state index contributed by atoms with van der Waals surface area (Å²) >= 11 is 0. The van der Waals surface area contributed by atoms with Crippen LogP contribution in [0.3, 0.4) is 0 Å². The quantitative estimate of drug-likeness (QED) is 0.737. The first-order valence-corrected chi connectivity index (χ1v) is 6.12. The van der Waals surface area contributed by atoms with E-state index in [0.717, 1.165) is 12.8 Å². The van der Waals surface area contributed by atoms with E-state index in [9.17, 15) is 8.42 Å². The standard InChI is InChI=1S/C10H12NO2S/c12-14(13,11-8-4-5-9-11)10-6-2-1-3-7-10/h1-3,6H,4-5,8-9H2. The van der Waals surface area contributed by atoms with Crippen molar-refractivity contribution in [2.75, 3.05) is 13.1 Å². The Hall–Kier alpha value is -0.870. The highest BCUT2D eigenvalue weighted by atomic mass is 32.2. The van der Waals surface area contributed by atoms with E-state index in [1.54, 1.807) is 24.3 Å². The lowest BCUT2D eigenvalue weighted by molar-refractivity contribution is 0.477. The minimum absolute atomic E-state index is 0.280. The van der Waals surface area contributed by atoms with E-state index in [1.165, 1.54) is 4.31 Å². The van der Waals surface area contributed by atoms with Crippen molar-refractivity contribution < 1.29 is 8.42 Å². The molecule has 75 valence electrons. The zero-order valence-corrected chi connectivity index (χ0v) is 8.63. The second-order valence-electron chi connectivity index (χ2n) is 3.34. The minimum atomic E-state index is -3.26. The van der Waals surface area contributed by atoms with Gasteiger partial charge in [-0.05, 0) is 18.9 Å². The molecule has 0 amide bonds. The Kier molecular flexibility index (Phi) is 2.56. The Morgan fingerprint density at radius 1 is 1.21 bits per heavy atom. The first-order valence-electron chi connectivity index (χ1n) is 4.68. The van der Waals surface area contributed by atoms with Crippen LogP contribution in [-0.4, -0.2) is 25.8 Å². The van der Waals surface area contributed by atoms with Crippen molar-refractivity contribution in [2.24, 2.45) is 0 Å². The Morgan fingerprint density at radius 2 is 1.93 bits per heavy atom. The van der Waals surface area contributed by atoms with E-state index in [4.69, 9.17) is 0 Å². The molecular formula is C10H12NO2S. The van der Waals surface area contributed by atoms with Crippen LogP contribution in [0.4, 0.5) is 0 Å². The fraction of sp³-hybridized carbons (Fsp3) is 0.400. The Bertz CT molecular complexity index is 393. The maximum absolute atomic E-state index is 11.9. The van der Waals surface area contributed by atoms with Crippen LogP contribution in [0.1, 0.15) is 12.8 Å². The summed E-state index contributed by atoms with van der Waals surface area (Å²) in [6.07, 6.45) is 1.93. The third-order valence-electron chi connectivity index (χ3n) is 2.36. The van der Waals surface area contributed by atoms with Crippen LogP contribution in [0.15, 0.2) is 29.2 Å². The number of hydrogen-bond acceptors (Lipinski definition) is 2. The summed E-state index contributed by atoms with van der Waals surface area (Å²) in [7, 11) is -3.26. The molecule has 0 bridgehead atoms. The van der Waals surface area contributed by atoms with Gasteiger partial charge in [-0.15, -0.1) is 0 Å². The van der Waals surface area contributed by atoms with E-state index in [0.29, 0.717) is 13.1 Å². The van der Waals surface area contributed by atoms with Crippen LogP contribution in [0.25, 0.3) is 0 Å². The number of benzene rings is 1. The molecule has 0 aromatic heterocycles. The maximum atomic E-state index is 11.9. The molecule has 0 atom stereocenters. The van der Waals surface area contributed by atoms with E-state index >= 15 is 0 Å². The summed E-state index contributed by atoms with van der Waals surface area (Å²) in [5, 5.41) is 0. The molecule has 1 fully saturated rings. The molecule has 0 aliphatic carbocycles. The van der Waals surface area contributed by atoms with Gasteiger partial charge in [0.25, 0.3) is 0 Å². The molecule has 0 N–H and O–H groups in total. The van der Waals surface area contributed by atoms with Gasteiger partial charge in [-0.25, -0.2) is 8.42 Å². The summed E-state index contributed by atoms with van der Waals surface area (Å²) in [6.45, 7) is 1.29. The van der Waals surface area contributed by atoms with Crippen molar-refractivity contribution in [3.63, 3.8) is 0 Å². The van der Waals surface area contributed by atoms with Gasteiger partial charge in [-0.1, -0.05) is 18.2 Å². The molecule has 1 aliphatic rings. The topological polar surface area (TPSA) is 37.4 Å². The molecule has 1 aromatic rings. The van der Waals surface area contributed by atoms with Gasteiger partial charge >= 0.3 is 0 Å². The molecule has 1 aliphatic heterocycles. The van der Waals surface area contributed by atoms with Crippen molar-refractivity contribution in [1.29, 1.82) is 0 Å². The van der Waals surface area contributed by atoms with Gasteiger partial charge in [0.2, 0.25) is 10.0 Å². The molecule has 1 radical (unpaired) electrons. The SMILES string of the molecule is O=S(=O)(c1[c]cccc1)N1CCCC1. The molecule has 1 heterocycles. The molecule has 14 heavy (non-hydrogen) atoms. The van der Waals surface area contributed by atoms with Crippen LogP contribution in [-0.2, 0) is 10.0 Å². The molecule has 1 saturated heterocycles. The Balaban J connectivity index is 2.33. The number of nitrogens with zero attached hydrogens (tertiary/aromatic N) is 1. The highest BCUT2D eigenvalue weighted by Crippen LogP contribution is 2.19. The van der Waals surface area contributed by atoms with Crippen LogP contribution in [0.2, 0.25) is 0 Å². The summed E-state index contributed by atoms with van der Waals surface area (Å²) in [5.41, 5.74) is 0. The minimum Gasteiger partial charge on any atom is -0.207 e. The maximum Gasteiger partial charge on any atom is 0.243 e. The van der Waals surface area contributed by atoms with Crippen molar-refractivity contribution in [3.8, 4) is 0 Å². The Labute approximate surface area is 84.4 Å². The zero-order chi connectivity index (χ0) is 10.0. The summed E-state index contributed by atoms with van der Waals surface area (Å²) in [5.74, 6) is 0. The van der Waals surface area contributed by atoms with Crippen LogP contribution < -0.4 is 0 Å². The fourth-order valence-corrected chi connectivity index (χ4v) is 3.09. The van der Waals surface area contributed by atoms with Crippen LogP contribution in [0, 0.1) is 6.07 Å². The van der Waals surface area contributed by atoms with Crippen LogP contribution >= 0.6 is 0 Å². The molecule has 4 heteroatoms. The lowest BCUT2D eigenvalue weighted by atomic mass is 10.4. The van der Waals surface area contributed by atoms with Crippen molar-refractivity contribution in [3.05, 3.63) is 30.3 Å². The lowest BCUT2D eigenvalue weighted by Gasteiger charge is -2.14. The average Bonchev–Trinajstić information content (AvgIpc) is 2.72. The highest BCUT2D eigenvalue weighted by molar-refractivity contribution is 7.89. The molecule has 0 spiro atoms. The van der Waals surface area contributed by atoms with Crippen molar-refractivity contribution in [1.82, 2.24) is 4.31 Å². The van der Waals surface area contributed by atoms with Crippen molar-refractivity contribution >= 4 is 10.0 Å². The van der Waals surface area contributed by atoms with Gasteiger partial charge in [0.05, 0.1) is 4.90 Å². The molecule has 0 saturated carbocycles. The first kappa shape index (κ1) is 9.68. The normalized spacial score (nSPS) is 18.6. The predicted molar refractivity (Wildman–Crippen MR) is 53.3 cm³/mol. The number of rotatable bonds is 2. The number of hydrogen-bond donors (Lipinski definition) is 0.